The van der Waals surface area contributed by atoms with Crippen LogP contribution in [0, 0.1) is 18.6 Å². The van der Waals surface area contributed by atoms with Crippen molar-refractivity contribution in [2.75, 3.05) is 31.6 Å². The quantitative estimate of drug-likeness (QED) is 0.350. The van der Waals surface area contributed by atoms with Gasteiger partial charge in [0.05, 0.1) is 24.9 Å². The van der Waals surface area contributed by atoms with Gasteiger partial charge in [0.25, 0.3) is 0 Å². The van der Waals surface area contributed by atoms with E-state index in [1.807, 2.05) is 43.7 Å². The average Bonchev–Trinajstić information content (AvgIpc) is 3.24. The largest absolute Gasteiger partial charge is 0.379 e. The maximum Gasteiger partial charge on any atom is 0.229 e. The fraction of sp³-hybridized carbons (Fsp3) is 0.407. The monoisotopic (exact) mass is 507 g/mol. The fourth-order valence-electron chi connectivity index (χ4n) is 5.07. The van der Waals surface area contributed by atoms with E-state index in [2.05, 4.69) is 37.1 Å². The Labute approximate surface area is 214 Å². The van der Waals surface area contributed by atoms with Crippen molar-refractivity contribution in [1.82, 2.24) is 29.4 Å². The molecule has 0 radical (unpaired) electrons. The number of morpholine rings is 1. The second-order valence-corrected chi connectivity index (χ2v) is 9.51. The first kappa shape index (κ1) is 25.2. The fourth-order valence-corrected chi connectivity index (χ4v) is 5.07. The topological polar surface area (TPSA) is 81.0 Å². The molecule has 10 heteroatoms. The van der Waals surface area contributed by atoms with Gasteiger partial charge in [-0.2, -0.15) is 0 Å². The molecule has 5 rings (SSSR count). The molecule has 4 aromatic rings. The minimum atomic E-state index is -0.642. The van der Waals surface area contributed by atoms with Gasteiger partial charge in [-0.05, 0) is 51.0 Å². The van der Waals surface area contributed by atoms with Gasteiger partial charge in [0.15, 0.2) is 11.6 Å². The van der Waals surface area contributed by atoms with Crippen molar-refractivity contribution in [3.05, 3.63) is 59.7 Å². The van der Waals surface area contributed by atoms with Crippen molar-refractivity contribution in [3.63, 3.8) is 0 Å². The van der Waals surface area contributed by atoms with Gasteiger partial charge in [0, 0.05) is 36.9 Å². The molecule has 1 fully saturated rings. The lowest BCUT2D eigenvalue weighted by molar-refractivity contribution is 0.0152. The van der Waals surface area contributed by atoms with Gasteiger partial charge < -0.3 is 14.6 Å². The lowest BCUT2D eigenvalue weighted by Crippen LogP contribution is -2.38. The number of aryl methyl sites for hydroxylation is 1. The molecule has 8 nitrogen and oxygen atoms in total. The van der Waals surface area contributed by atoms with E-state index in [0.717, 1.165) is 44.5 Å². The van der Waals surface area contributed by atoms with Gasteiger partial charge in [-0.15, -0.1) is 0 Å². The number of nitrogens with zero attached hydrogens (tertiary/aromatic N) is 6. The van der Waals surface area contributed by atoms with Crippen LogP contribution >= 0.6 is 0 Å². The van der Waals surface area contributed by atoms with E-state index >= 15 is 0 Å². The van der Waals surface area contributed by atoms with E-state index in [9.17, 15) is 8.78 Å². The molecule has 0 spiro atoms. The molecule has 1 unspecified atom stereocenters. The summed E-state index contributed by atoms with van der Waals surface area (Å²) in [5, 5.41) is 3.05. The number of anilines is 2. The van der Waals surface area contributed by atoms with Crippen LogP contribution in [0.25, 0.3) is 22.3 Å². The van der Waals surface area contributed by atoms with Gasteiger partial charge in [-0.1, -0.05) is 13.0 Å². The molecule has 0 saturated carbocycles. The summed E-state index contributed by atoms with van der Waals surface area (Å²) >= 11 is 0. The zero-order valence-corrected chi connectivity index (χ0v) is 21.5. The maximum atomic E-state index is 15.0. The van der Waals surface area contributed by atoms with E-state index in [0.29, 0.717) is 22.7 Å². The first-order valence-corrected chi connectivity index (χ1v) is 12.6. The van der Waals surface area contributed by atoms with Crippen LogP contribution in [0.5, 0.6) is 0 Å². The molecule has 1 atom stereocenters. The number of fused-ring (bicyclic) bond motifs is 1. The summed E-state index contributed by atoms with van der Waals surface area (Å²) in [7, 11) is 0. The molecule has 0 aliphatic carbocycles. The zero-order chi connectivity index (χ0) is 26.1. The van der Waals surface area contributed by atoms with Crippen LogP contribution in [0.3, 0.4) is 0 Å². The number of nitrogens with one attached hydrogen (secondary N) is 1. The average molecular weight is 508 g/mol. The normalized spacial score (nSPS) is 15.4. The van der Waals surface area contributed by atoms with Gasteiger partial charge in [0.1, 0.15) is 22.9 Å². The Bertz CT molecular complexity index is 1400. The third-order valence-electron chi connectivity index (χ3n) is 6.74. The predicted octanol–water partition coefficient (Wildman–Crippen LogP) is 5.58. The first-order chi connectivity index (χ1) is 17.9. The maximum absolute atomic E-state index is 15.0. The summed E-state index contributed by atoms with van der Waals surface area (Å²) in [6.07, 6.45) is 3.89. The number of benzene rings is 1. The highest BCUT2D eigenvalue weighted by atomic mass is 19.1. The third kappa shape index (κ3) is 5.03. The van der Waals surface area contributed by atoms with E-state index in [4.69, 9.17) is 4.74 Å². The second kappa shape index (κ2) is 10.5. The summed E-state index contributed by atoms with van der Waals surface area (Å²) in [6, 6.07) is 7.21. The molecule has 1 aliphatic rings. The number of halogens is 2. The number of ether oxygens (including phenoxy) is 1. The Morgan fingerprint density at radius 1 is 1.03 bits per heavy atom. The smallest absolute Gasteiger partial charge is 0.229 e. The Hall–Kier alpha value is -3.50. The number of imidazole rings is 1. The number of hydrogen-bond donors (Lipinski definition) is 1. The molecule has 1 saturated heterocycles. The van der Waals surface area contributed by atoms with Crippen LogP contribution in [-0.2, 0) is 4.74 Å². The SMILES string of the molecule is CCC(c1ccc(Nc2ncc(F)c(-c3cc(F)c4nc(C)n(C(C)C)c4c3)n2)nc1)N1CCOCC1. The van der Waals surface area contributed by atoms with Crippen LogP contribution < -0.4 is 5.32 Å². The number of aromatic nitrogens is 5. The zero-order valence-electron chi connectivity index (χ0n) is 21.5. The predicted molar refractivity (Wildman–Crippen MR) is 139 cm³/mol. The van der Waals surface area contributed by atoms with Crippen molar-refractivity contribution in [3.8, 4) is 11.3 Å². The molecule has 3 aromatic heterocycles. The molecule has 0 bridgehead atoms. The Morgan fingerprint density at radius 2 is 1.81 bits per heavy atom. The van der Waals surface area contributed by atoms with Crippen molar-refractivity contribution >= 4 is 22.8 Å². The van der Waals surface area contributed by atoms with Crippen molar-refractivity contribution in [2.45, 2.75) is 46.2 Å². The van der Waals surface area contributed by atoms with E-state index in [1.165, 1.54) is 6.07 Å². The van der Waals surface area contributed by atoms with Gasteiger partial charge >= 0.3 is 0 Å². The van der Waals surface area contributed by atoms with Crippen LogP contribution in [0.4, 0.5) is 20.5 Å². The number of rotatable bonds is 7. The highest BCUT2D eigenvalue weighted by molar-refractivity contribution is 5.83. The molecule has 1 aromatic carbocycles. The van der Waals surface area contributed by atoms with Gasteiger partial charge in [0.2, 0.25) is 5.95 Å². The minimum absolute atomic E-state index is 0.00226. The van der Waals surface area contributed by atoms with E-state index in [1.54, 1.807) is 6.07 Å². The van der Waals surface area contributed by atoms with Crippen LogP contribution in [0.2, 0.25) is 0 Å². The lowest BCUT2D eigenvalue weighted by atomic mass is 10.0. The summed E-state index contributed by atoms with van der Waals surface area (Å²) in [5.41, 5.74) is 2.29. The van der Waals surface area contributed by atoms with Crippen LogP contribution in [-0.4, -0.2) is 55.7 Å². The molecule has 1 aliphatic heterocycles. The Balaban J connectivity index is 1.42. The molecular formula is C27H31F2N7O. The molecule has 1 N–H and O–H groups in total. The molecule has 194 valence electrons. The molecule has 0 amide bonds. The standard InChI is InChI=1S/C27H31F2N7O/c1-5-22(35-8-10-37-11-9-35)18-6-7-24(30-14-18)33-27-31-15-21(29)25(34-27)19-12-20(28)26-23(13-19)36(16(2)3)17(4)32-26/h6-7,12-16,22H,5,8-11H2,1-4H3,(H,30,31,33,34). The van der Waals surface area contributed by atoms with Crippen molar-refractivity contribution in [2.24, 2.45) is 0 Å². The number of pyridine rings is 1. The van der Waals surface area contributed by atoms with Gasteiger partial charge in [-0.3, -0.25) is 4.90 Å². The van der Waals surface area contributed by atoms with Crippen molar-refractivity contribution in [1.29, 1.82) is 0 Å². The Morgan fingerprint density at radius 3 is 2.49 bits per heavy atom. The summed E-state index contributed by atoms with van der Waals surface area (Å²) < 4.78 is 37.2. The summed E-state index contributed by atoms with van der Waals surface area (Å²) in [4.78, 5) is 19.7. The van der Waals surface area contributed by atoms with Crippen LogP contribution in [0.15, 0.2) is 36.7 Å². The first-order valence-electron chi connectivity index (χ1n) is 12.6. The summed E-state index contributed by atoms with van der Waals surface area (Å²) in [5.74, 6) is 0.237. The van der Waals surface area contributed by atoms with Crippen molar-refractivity contribution < 1.29 is 13.5 Å². The third-order valence-corrected chi connectivity index (χ3v) is 6.74. The lowest BCUT2D eigenvalue weighted by Gasteiger charge is -2.34. The Kier molecular flexibility index (Phi) is 7.12. The molecule has 4 heterocycles. The van der Waals surface area contributed by atoms with E-state index in [-0.39, 0.29) is 29.2 Å². The molecule has 37 heavy (non-hydrogen) atoms. The van der Waals surface area contributed by atoms with E-state index < -0.39 is 11.6 Å². The minimum Gasteiger partial charge on any atom is -0.379 e. The second-order valence-electron chi connectivity index (χ2n) is 9.51. The highest BCUT2D eigenvalue weighted by Gasteiger charge is 2.22. The van der Waals surface area contributed by atoms with Gasteiger partial charge in [-0.25, -0.2) is 28.7 Å². The summed E-state index contributed by atoms with van der Waals surface area (Å²) in [6.45, 7) is 11.3. The number of hydrogen-bond acceptors (Lipinski definition) is 7. The highest BCUT2D eigenvalue weighted by Crippen LogP contribution is 2.31. The van der Waals surface area contributed by atoms with Crippen LogP contribution in [0.1, 0.15) is 50.7 Å². The molecular weight excluding hydrogens is 476 g/mol.